The lowest BCUT2D eigenvalue weighted by molar-refractivity contribution is -0.120. The van der Waals surface area contributed by atoms with Crippen LogP contribution in [0.5, 0.6) is 0 Å². The number of carbonyl (C=O) groups is 2. The molecule has 144 valence electrons. The second kappa shape index (κ2) is 7.79. The van der Waals surface area contributed by atoms with Gasteiger partial charge in [-0.1, -0.05) is 30.3 Å². The zero-order chi connectivity index (χ0) is 19.6. The molecular weight excluding hydrogens is 386 g/mol. The highest BCUT2D eigenvalue weighted by Crippen LogP contribution is 2.35. The second-order valence-electron chi connectivity index (χ2n) is 6.53. The first-order valence-electron chi connectivity index (χ1n) is 8.50. The van der Waals surface area contributed by atoms with Crippen molar-refractivity contribution in [2.24, 2.45) is 11.7 Å². The maximum Gasteiger partial charge on any atom is 0.251 e. The number of piperidine rings is 1. The third kappa shape index (κ3) is 4.55. The predicted octanol–water partition coefficient (Wildman–Crippen LogP) is 2.12. The Morgan fingerprint density at radius 2 is 1.96 bits per heavy atom. The molecule has 0 unspecified atom stereocenters. The van der Waals surface area contributed by atoms with Gasteiger partial charge in [-0.15, -0.1) is 11.3 Å². The first-order chi connectivity index (χ1) is 12.8. The van der Waals surface area contributed by atoms with Crippen LogP contribution in [-0.2, 0) is 14.8 Å². The molecule has 0 aliphatic carbocycles. The van der Waals surface area contributed by atoms with Gasteiger partial charge in [0.15, 0.2) is 0 Å². The van der Waals surface area contributed by atoms with Crippen molar-refractivity contribution >= 4 is 38.2 Å². The van der Waals surface area contributed by atoms with Gasteiger partial charge >= 0.3 is 0 Å². The SMILES string of the molecule is CS(=O)(=O)N1CCC[C@H](C(=O)Nc2sc(-c3ccccc3)cc2C(N)=O)C1. The van der Waals surface area contributed by atoms with Gasteiger partial charge in [0.2, 0.25) is 15.9 Å². The van der Waals surface area contributed by atoms with Crippen molar-refractivity contribution in [3.05, 3.63) is 42.0 Å². The molecule has 0 radical (unpaired) electrons. The highest BCUT2D eigenvalue weighted by atomic mass is 32.2. The molecule has 0 spiro atoms. The van der Waals surface area contributed by atoms with E-state index in [2.05, 4.69) is 5.32 Å². The van der Waals surface area contributed by atoms with E-state index in [1.807, 2.05) is 30.3 Å². The van der Waals surface area contributed by atoms with Gasteiger partial charge < -0.3 is 11.1 Å². The van der Waals surface area contributed by atoms with Gasteiger partial charge in [-0.25, -0.2) is 12.7 Å². The lowest BCUT2D eigenvalue weighted by Crippen LogP contribution is -2.43. The third-order valence-corrected chi connectivity index (χ3v) is 6.89. The van der Waals surface area contributed by atoms with E-state index in [1.54, 1.807) is 6.07 Å². The van der Waals surface area contributed by atoms with E-state index in [0.29, 0.717) is 24.4 Å². The summed E-state index contributed by atoms with van der Waals surface area (Å²) in [6, 6.07) is 11.2. The highest BCUT2D eigenvalue weighted by molar-refractivity contribution is 7.88. The molecule has 1 aliphatic rings. The van der Waals surface area contributed by atoms with Crippen LogP contribution < -0.4 is 11.1 Å². The average Bonchev–Trinajstić information content (AvgIpc) is 3.06. The summed E-state index contributed by atoms with van der Waals surface area (Å²) in [6.07, 6.45) is 2.36. The summed E-state index contributed by atoms with van der Waals surface area (Å²) >= 11 is 1.27. The summed E-state index contributed by atoms with van der Waals surface area (Å²) < 4.78 is 24.8. The van der Waals surface area contributed by atoms with E-state index in [-0.39, 0.29) is 18.0 Å². The van der Waals surface area contributed by atoms with Gasteiger partial charge in [-0.3, -0.25) is 9.59 Å². The minimum absolute atomic E-state index is 0.146. The molecule has 1 atom stereocenters. The zero-order valence-corrected chi connectivity index (χ0v) is 16.5. The Morgan fingerprint density at radius 1 is 1.26 bits per heavy atom. The molecule has 0 saturated carbocycles. The minimum atomic E-state index is -3.34. The van der Waals surface area contributed by atoms with Crippen molar-refractivity contribution < 1.29 is 18.0 Å². The molecule has 27 heavy (non-hydrogen) atoms. The number of sulfonamides is 1. The third-order valence-electron chi connectivity index (χ3n) is 4.52. The van der Waals surface area contributed by atoms with Gasteiger partial charge in [-0.05, 0) is 24.5 Å². The number of hydrogen-bond acceptors (Lipinski definition) is 5. The molecule has 2 amide bonds. The molecule has 9 heteroatoms. The van der Waals surface area contributed by atoms with E-state index >= 15 is 0 Å². The number of carbonyl (C=O) groups excluding carboxylic acids is 2. The monoisotopic (exact) mass is 407 g/mol. The molecule has 1 aromatic heterocycles. The number of rotatable bonds is 5. The fourth-order valence-electron chi connectivity index (χ4n) is 3.08. The number of primary amides is 1. The van der Waals surface area contributed by atoms with Crippen LogP contribution in [0.2, 0.25) is 0 Å². The van der Waals surface area contributed by atoms with Gasteiger partial charge in [0.05, 0.1) is 17.7 Å². The Kier molecular flexibility index (Phi) is 5.64. The molecule has 0 bridgehead atoms. The Hall–Kier alpha value is -2.23. The number of nitrogens with one attached hydrogen (secondary N) is 1. The number of benzene rings is 1. The number of amides is 2. The zero-order valence-electron chi connectivity index (χ0n) is 14.8. The van der Waals surface area contributed by atoms with Gasteiger partial charge in [-0.2, -0.15) is 0 Å². The van der Waals surface area contributed by atoms with E-state index in [1.165, 1.54) is 15.6 Å². The summed E-state index contributed by atoms with van der Waals surface area (Å²) in [4.78, 5) is 25.3. The fourth-order valence-corrected chi connectivity index (χ4v) is 5.07. The quantitative estimate of drug-likeness (QED) is 0.791. The fraction of sp³-hybridized carbons (Fsp3) is 0.333. The van der Waals surface area contributed by atoms with Crippen LogP contribution in [0.25, 0.3) is 10.4 Å². The van der Waals surface area contributed by atoms with Gasteiger partial charge in [0.1, 0.15) is 5.00 Å². The molecule has 1 fully saturated rings. The molecule has 1 aliphatic heterocycles. The Morgan fingerprint density at radius 3 is 2.59 bits per heavy atom. The molecule has 1 saturated heterocycles. The number of anilines is 1. The summed E-state index contributed by atoms with van der Waals surface area (Å²) in [6.45, 7) is 0.569. The van der Waals surface area contributed by atoms with Crippen LogP contribution in [0.4, 0.5) is 5.00 Å². The Bertz CT molecular complexity index is 954. The largest absolute Gasteiger partial charge is 0.366 e. The standard InChI is InChI=1S/C18H21N3O4S2/c1-27(24,25)21-9-5-8-13(11-21)17(23)20-18-14(16(19)22)10-15(26-18)12-6-3-2-4-7-12/h2-4,6-7,10,13H,5,8-9,11H2,1H3,(H2,19,22)(H,20,23)/t13-/m0/s1. The molecule has 1 aromatic carbocycles. The van der Waals surface area contributed by atoms with E-state index in [9.17, 15) is 18.0 Å². The number of thiophene rings is 1. The van der Waals surface area contributed by atoms with E-state index < -0.39 is 21.8 Å². The Balaban J connectivity index is 1.81. The first kappa shape index (κ1) is 19.5. The average molecular weight is 408 g/mol. The molecule has 7 nitrogen and oxygen atoms in total. The van der Waals surface area contributed by atoms with Crippen molar-refractivity contribution in [1.82, 2.24) is 4.31 Å². The van der Waals surface area contributed by atoms with E-state index in [4.69, 9.17) is 5.73 Å². The minimum Gasteiger partial charge on any atom is -0.366 e. The maximum absolute atomic E-state index is 12.7. The summed E-state index contributed by atoms with van der Waals surface area (Å²) in [5, 5.41) is 3.17. The van der Waals surface area contributed by atoms with Crippen molar-refractivity contribution in [3.63, 3.8) is 0 Å². The van der Waals surface area contributed by atoms with Gasteiger partial charge in [0, 0.05) is 18.0 Å². The lowest BCUT2D eigenvalue weighted by Gasteiger charge is -2.30. The van der Waals surface area contributed by atoms with Crippen LogP contribution in [0.15, 0.2) is 36.4 Å². The molecule has 2 heterocycles. The van der Waals surface area contributed by atoms with Crippen molar-refractivity contribution in [3.8, 4) is 10.4 Å². The summed E-state index contributed by atoms with van der Waals surface area (Å²) in [5.41, 5.74) is 6.64. The smallest absolute Gasteiger partial charge is 0.251 e. The van der Waals surface area contributed by atoms with Crippen LogP contribution in [0, 0.1) is 5.92 Å². The number of hydrogen-bond donors (Lipinski definition) is 2. The van der Waals surface area contributed by atoms with Crippen LogP contribution in [0.3, 0.4) is 0 Å². The summed E-state index contributed by atoms with van der Waals surface area (Å²) in [7, 11) is -3.34. The van der Waals surface area contributed by atoms with Crippen molar-refractivity contribution in [2.45, 2.75) is 12.8 Å². The normalized spacial score (nSPS) is 18.2. The van der Waals surface area contributed by atoms with Crippen LogP contribution in [0.1, 0.15) is 23.2 Å². The molecule has 3 N–H and O–H groups in total. The first-order valence-corrected chi connectivity index (χ1v) is 11.2. The Labute approximate surface area is 162 Å². The van der Waals surface area contributed by atoms with Crippen molar-refractivity contribution in [2.75, 3.05) is 24.7 Å². The number of nitrogens with zero attached hydrogens (tertiary/aromatic N) is 1. The molecule has 2 aromatic rings. The van der Waals surface area contributed by atoms with Gasteiger partial charge in [0.25, 0.3) is 5.91 Å². The second-order valence-corrected chi connectivity index (χ2v) is 9.57. The van der Waals surface area contributed by atoms with E-state index in [0.717, 1.165) is 16.7 Å². The lowest BCUT2D eigenvalue weighted by atomic mass is 9.99. The molecule has 3 rings (SSSR count). The molecular formula is C18H21N3O4S2. The van der Waals surface area contributed by atoms with Crippen molar-refractivity contribution in [1.29, 1.82) is 0 Å². The highest BCUT2D eigenvalue weighted by Gasteiger charge is 2.31. The maximum atomic E-state index is 12.7. The number of nitrogens with two attached hydrogens (primary N) is 1. The summed E-state index contributed by atoms with van der Waals surface area (Å²) in [5.74, 6) is -1.38. The van der Waals surface area contributed by atoms with Crippen LogP contribution >= 0.6 is 11.3 Å². The predicted molar refractivity (Wildman–Crippen MR) is 106 cm³/mol. The topological polar surface area (TPSA) is 110 Å². The van der Waals surface area contributed by atoms with Crippen LogP contribution in [-0.4, -0.2) is 43.9 Å².